The zero-order chi connectivity index (χ0) is 20.7. The van der Waals surface area contributed by atoms with Crippen molar-refractivity contribution in [1.82, 2.24) is 10.2 Å². The van der Waals surface area contributed by atoms with Gasteiger partial charge >= 0.3 is 0 Å². The van der Waals surface area contributed by atoms with Crippen molar-refractivity contribution in [3.8, 4) is 0 Å². The van der Waals surface area contributed by atoms with Crippen LogP contribution in [0.4, 0.5) is 10.8 Å². The summed E-state index contributed by atoms with van der Waals surface area (Å²) in [6.45, 7) is 2.02. The first-order valence-electron chi connectivity index (χ1n) is 10.2. The third-order valence-corrected chi connectivity index (χ3v) is 7.62. The van der Waals surface area contributed by atoms with Crippen LogP contribution in [0.1, 0.15) is 53.1 Å². The first-order chi connectivity index (χ1) is 14.6. The molecule has 8 heteroatoms. The number of thiophene rings is 1. The van der Waals surface area contributed by atoms with E-state index in [0.29, 0.717) is 23.9 Å². The summed E-state index contributed by atoms with van der Waals surface area (Å²) < 4.78 is 0. The van der Waals surface area contributed by atoms with Crippen LogP contribution in [0.2, 0.25) is 0 Å². The van der Waals surface area contributed by atoms with E-state index in [1.165, 1.54) is 11.3 Å². The molecule has 1 aromatic carbocycles. The number of hydrogen-bond donors (Lipinski definition) is 1. The maximum Gasteiger partial charge on any atom is 0.231 e. The first kappa shape index (κ1) is 19.4. The zero-order valence-corrected chi connectivity index (χ0v) is 18.2. The number of aromatic nitrogens is 2. The number of amides is 2. The van der Waals surface area contributed by atoms with Gasteiger partial charge in [0.05, 0.1) is 12.0 Å². The Bertz CT molecular complexity index is 1060. The van der Waals surface area contributed by atoms with E-state index in [9.17, 15) is 9.59 Å². The molecule has 0 bridgehead atoms. The average molecular weight is 439 g/mol. The number of rotatable bonds is 5. The molecule has 1 aliphatic carbocycles. The molecular weight excluding hydrogens is 416 g/mol. The molecule has 1 N–H and O–H groups in total. The van der Waals surface area contributed by atoms with Crippen LogP contribution in [0.25, 0.3) is 0 Å². The second-order valence-corrected chi connectivity index (χ2v) is 9.90. The number of hydrogen-bond acceptors (Lipinski definition) is 6. The summed E-state index contributed by atoms with van der Waals surface area (Å²) >= 11 is 3.04. The SMILES string of the molecule is Cc1ccc(N2C(=O)CC[C@@H](C(=O)Nc3nnc(C4CC4)s3)[C@@H]2c2cccs2)cc1. The van der Waals surface area contributed by atoms with Gasteiger partial charge in [0.2, 0.25) is 16.9 Å². The van der Waals surface area contributed by atoms with Crippen LogP contribution in [0.3, 0.4) is 0 Å². The number of nitrogens with zero attached hydrogens (tertiary/aromatic N) is 3. The van der Waals surface area contributed by atoms with Crippen molar-refractivity contribution in [2.45, 2.75) is 44.6 Å². The van der Waals surface area contributed by atoms with Crippen molar-refractivity contribution in [3.05, 3.63) is 57.2 Å². The Hall–Kier alpha value is -2.58. The summed E-state index contributed by atoms with van der Waals surface area (Å²) in [6, 6.07) is 11.6. The standard InChI is InChI=1S/C22H22N4O2S2/c1-13-4-8-15(9-5-13)26-18(27)11-10-16(19(26)17-3-2-12-29-17)20(28)23-22-25-24-21(30-22)14-6-7-14/h2-5,8-9,12,14,16,19H,6-7,10-11H2,1H3,(H,23,25,28)/t16-,19-/m1/s1. The number of carbonyl (C=O) groups is 2. The van der Waals surface area contributed by atoms with Gasteiger partial charge in [0.15, 0.2) is 0 Å². The molecule has 3 heterocycles. The maximum absolute atomic E-state index is 13.3. The average Bonchev–Trinajstić information content (AvgIpc) is 3.24. The highest BCUT2D eigenvalue weighted by Gasteiger charge is 2.42. The van der Waals surface area contributed by atoms with E-state index in [4.69, 9.17) is 0 Å². The summed E-state index contributed by atoms with van der Waals surface area (Å²) in [5.41, 5.74) is 1.96. The molecule has 0 unspecified atom stereocenters. The summed E-state index contributed by atoms with van der Waals surface area (Å²) in [5, 5.41) is 14.9. The van der Waals surface area contributed by atoms with Crippen molar-refractivity contribution >= 4 is 45.3 Å². The van der Waals surface area contributed by atoms with Gasteiger partial charge in [0.25, 0.3) is 0 Å². The lowest BCUT2D eigenvalue weighted by molar-refractivity contribution is -0.125. The topological polar surface area (TPSA) is 75.2 Å². The van der Waals surface area contributed by atoms with Gasteiger partial charge in [-0.05, 0) is 49.8 Å². The van der Waals surface area contributed by atoms with Crippen molar-refractivity contribution in [1.29, 1.82) is 0 Å². The minimum absolute atomic E-state index is 0.0493. The van der Waals surface area contributed by atoms with Crippen molar-refractivity contribution in [2.75, 3.05) is 10.2 Å². The van der Waals surface area contributed by atoms with E-state index >= 15 is 0 Å². The Morgan fingerprint density at radius 1 is 1.13 bits per heavy atom. The number of piperidine rings is 1. The Kier molecular flexibility index (Phi) is 5.12. The van der Waals surface area contributed by atoms with E-state index in [0.717, 1.165) is 34.0 Å². The first-order valence-corrected chi connectivity index (χ1v) is 11.9. The van der Waals surface area contributed by atoms with Crippen LogP contribution in [0.15, 0.2) is 41.8 Å². The molecule has 3 aromatic rings. The quantitative estimate of drug-likeness (QED) is 0.614. The van der Waals surface area contributed by atoms with Crippen LogP contribution in [-0.2, 0) is 9.59 Å². The fraction of sp³-hybridized carbons (Fsp3) is 0.364. The van der Waals surface area contributed by atoms with Crippen molar-refractivity contribution in [3.63, 3.8) is 0 Å². The number of benzene rings is 1. The van der Waals surface area contributed by atoms with Gasteiger partial charge in [-0.25, -0.2) is 0 Å². The molecule has 154 valence electrons. The highest BCUT2D eigenvalue weighted by Crippen LogP contribution is 2.44. The summed E-state index contributed by atoms with van der Waals surface area (Å²) in [5.74, 6) is 0.108. The Labute approximate surface area is 183 Å². The molecule has 6 nitrogen and oxygen atoms in total. The minimum Gasteiger partial charge on any atom is -0.303 e. The van der Waals surface area contributed by atoms with Crippen LogP contribution < -0.4 is 10.2 Å². The van der Waals surface area contributed by atoms with Gasteiger partial charge in [-0.15, -0.1) is 21.5 Å². The molecule has 0 radical (unpaired) electrons. The van der Waals surface area contributed by atoms with Gasteiger partial charge in [0.1, 0.15) is 5.01 Å². The minimum atomic E-state index is -0.351. The number of aryl methyl sites for hydroxylation is 1. The van der Waals surface area contributed by atoms with E-state index in [2.05, 4.69) is 15.5 Å². The maximum atomic E-state index is 13.3. The normalized spacial score (nSPS) is 21.6. The Morgan fingerprint density at radius 3 is 2.63 bits per heavy atom. The van der Waals surface area contributed by atoms with E-state index in [-0.39, 0.29) is 23.8 Å². The molecule has 2 amide bonds. The molecule has 2 atom stereocenters. The van der Waals surface area contributed by atoms with Crippen molar-refractivity contribution in [2.24, 2.45) is 5.92 Å². The van der Waals surface area contributed by atoms with Crippen molar-refractivity contribution < 1.29 is 9.59 Å². The van der Waals surface area contributed by atoms with Gasteiger partial charge in [-0.1, -0.05) is 35.1 Å². The van der Waals surface area contributed by atoms with Gasteiger partial charge in [-0.2, -0.15) is 0 Å². The molecule has 30 heavy (non-hydrogen) atoms. The van der Waals surface area contributed by atoms with E-state index < -0.39 is 0 Å². The predicted octanol–water partition coefficient (Wildman–Crippen LogP) is 4.91. The fourth-order valence-electron chi connectivity index (χ4n) is 3.94. The molecule has 1 saturated carbocycles. The molecule has 0 spiro atoms. The molecule has 1 saturated heterocycles. The summed E-state index contributed by atoms with van der Waals surface area (Å²) in [6.07, 6.45) is 3.17. The Morgan fingerprint density at radius 2 is 1.93 bits per heavy atom. The van der Waals surface area contributed by atoms with Crippen LogP contribution in [-0.4, -0.2) is 22.0 Å². The third kappa shape index (κ3) is 3.77. The van der Waals surface area contributed by atoms with Gasteiger partial charge < -0.3 is 10.2 Å². The predicted molar refractivity (Wildman–Crippen MR) is 119 cm³/mol. The third-order valence-electron chi connectivity index (χ3n) is 5.68. The highest BCUT2D eigenvalue weighted by atomic mass is 32.1. The molecule has 2 fully saturated rings. The largest absolute Gasteiger partial charge is 0.303 e. The number of carbonyl (C=O) groups excluding carboxylic acids is 2. The molecule has 5 rings (SSSR count). The van der Waals surface area contributed by atoms with Gasteiger partial charge in [0, 0.05) is 22.9 Å². The summed E-state index contributed by atoms with van der Waals surface area (Å²) in [7, 11) is 0. The molecule has 1 aliphatic heterocycles. The lowest BCUT2D eigenvalue weighted by Gasteiger charge is -2.40. The fourth-order valence-corrected chi connectivity index (χ4v) is 5.74. The van der Waals surface area contributed by atoms with E-state index in [1.54, 1.807) is 16.2 Å². The molecule has 2 aromatic heterocycles. The van der Waals surface area contributed by atoms with Crippen LogP contribution in [0.5, 0.6) is 0 Å². The molecule has 2 aliphatic rings. The van der Waals surface area contributed by atoms with Crippen LogP contribution in [0, 0.1) is 12.8 Å². The molecular formula is C22H22N4O2S2. The Balaban J connectivity index is 1.45. The number of nitrogens with one attached hydrogen (secondary N) is 1. The summed E-state index contributed by atoms with van der Waals surface area (Å²) in [4.78, 5) is 29.1. The monoisotopic (exact) mass is 438 g/mol. The lowest BCUT2D eigenvalue weighted by atomic mass is 9.86. The second-order valence-electron chi connectivity index (χ2n) is 7.91. The lowest BCUT2D eigenvalue weighted by Crippen LogP contribution is -2.46. The zero-order valence-electron chi connectivity index (χ0n) is 16.6. The van der Waals surface area contributed by atoms with Gasteiger partial charge in [-0.3, -0.25) is 9.59 Å². The second kappa shape index (κ2) is 7.92. The van der Waals surface area contributed by atoms with Crippen LogP contribution >= 0.6 is 22.7 Å². The highest BCUT2D eigenvalue weighted by molar-refractivity contribution is 7.15. The number of anilines is 2. The van der Waals surface area contributed by atoms with E-state index in [1.807, 2.05) is 48.7 Å². The smallest absolute Gasteiger partial charge is 0.231 e.